The number of nitrogens with two attached hydrogens (primary N) is 1. The van der Waals surface area contributed by atoms with E-state index in [0.717, 1.165) is 0 Å². The minimum Gasteiger partial charge on any atom is -0.369 e. The van der Waals surface area contributed by atoms with E-state index in [9.17, 15) is 14.4 Å². The highest BCUT2D eigenvalue weighted by molar-refractivity contribution is 5.95. The summed E-state index contributed by atoms with van der Waals surface area (Å²) < 4.78 is 0. The van der Waals surface area contributed by atoms with E-state index in [-0.39, 0.29) is 18.9 Å². The van der Waals surface area contributed by atoms with Crippen LogP contribution in [-0.4, -0.2) is 24.4 Å². The topological polar surface area (TPSA) is 101 Å². The van der Waals surface area contributed by atoms with E-state index in [1.165, 1.54) is 0 Å². The van der Waals surface area contributed by atoms with Crippen molar-refractivity contribution < 1.29 is 14.4 Å². The molecule has 1 aliphatic heterocycles. The first-order valence-corrected chi connectivity index (χ1v) is 3.96. The van der Waals surface area contributed by atoms with Crippen LogP contribution in [0.3, 0.4) is 0 Å². The Labute approximate surface area is 74.8 Å². The Morgan fingerprint density at radius 1 is 1.46 bits per heavy atom. The molecule has 1 saturated heterocycles. The lowest BCUT2D eigenvalue weighted by atomic mass is 10.0. The van der Waals surface area contributed by atoms with Gasteiger partial charge in [0.15, 0.2) is 0 Å². The highest BCUT2D eigenvalue weighted by atomic mass is 16.2. The van der Waals surface area contributed by atoms with Crippen molar-refractivity contribution in [1.82, 2.24) is 10.6 Å². The average molecular weight is 185 g/mol. The maximum atomic E-state index is 10.9. The molecule has 0 radical (unpaired) electrons. The summed E-state index contributed by atoms with van der Waals surface area (Å²) in [5.41, 5.74) is 5.06. The predicted octanol–water partition coefficient (Wildman–Crippen LogP) is -1.29. The van der Waals surface area contributed by atoms with Crippen LogP contribution in [0, 0.1) is 5.92 Å². The Hall–Kier alpha value is -1.59. The smallest absolute Gasteiger partial charge is 0.321 e. The molecule has 0 aromatic heterocycles. The van der Waals surface area contributed by atoms with Crippen LogP contribution in [0.4, 0.5) is 4.79 Å². The van der Waals surface area contributed by atoms with Gasteiger partial charge in [-0.1, -0.05) is 0 Å². The zero-order chi connectivity index (χ0) is 9.84. The van der Waals surface area contributed by atoms with Gasteiger partial charge in [0.2, 0.25) is 11.8 Å². The third kappa shape index (κ3) is 2.73. The number of imide groups is 1. The molecule has 0 aromatic rings. The standard InChI is InChI=1S/C7H11N3O3/c8-6(12)4-1-2-5(11)10-7(13)9-3-4/h4H,1-3H2,(H2,8,12)(H2,9,10,11,13). The third-order valence-electron chi connectivity index (χ3n) is 1.88. The van der Waals surface area contributed by atoms with Crippen LogP contribution in [0.15, 0.2) is 0 Å². The lowest BCUT2D eigenvalue weighted by molar-refractivity contribution is -0.123. The molecule has 0 aromatic carbocycles. The van der Waals surface area contributed by atoms with E-state index in [2.05, 4.69) is 10.6 Å². The molecule has 1 aliphatic rings. The normalized spacial score (nSPS) is 23.8. The van der Waals surface area contributed by atoms with Crippen LogP contribution in [0.25, 0.3) is 0 Å². The van der Waals surface area contributed by atoms with Gasteiger partial charge in [0, 0.05) is 13.0 Å². The molecule has 1 atom stereocenters. The third-order valence-corrected chi connectivity index (χ3v) is 1.88. The van der Waals surface area contributed by atoms with Gasteiger partial charge < -0.3 is 11.1 Å². The minimum atomic E-state index is -0.573. The molecule has 4 N–H and O–H groups in total. The fraction of sp³-hybridized carbons (Fsp3) is 0.571. The Morgan fingerprint density at radius 2 is 2.15 bits per heavy atom. The molecule has 6 nitrogen and oxygen atoms in total. The molecule has 1 rings (SSSR count). The number of hydrogen-bond donors (Lipinski definition) is 3. The van der Waals surface area contributed by atoms with Crippen LogP contribution >= 0.6 is 0 Å². The Bertz CT molecular complexity index is 233. The Morgan fingerprint density at radius 3 is 2.77 bits per heavy atom. The highest BCUT2D eigenvalue weighted by Crippen LogP contribution is 2.06. The number of nitrogens with one attached hydrogen (secondary N) is 2. The largest absolute Gasteiger partial charge is 0.369 e. The van der Waals surface area contributed by atoms with Gasteiger partial charge in [-0.05, 0) is 6.42 Å². The van der Waals surface area contributed by atoms with Crippen LogP contribution < -0.4 is 16.4 Å². The SMILES string of the molecule is NC(=O)C1CCC(=O)NC(=O)NC1. The van der Waals surface area contributed by atoms with Crippen molar-refractivity contribution >= 4 is 17.8 Å². The van der Waals surface area contributed by atoms with Gasteiger partial charge >= 0.3 is 6.03 Å². The summed E-state index contributed by atoms with van der Waals surface area (Å²) in [7, 11) is 0. The van der Waals surface area contributed by atoms with E-state index in [1.54, 1.807) is 0 Å². The summed E-state index contributed by atoms with van der Waals surface area (Å²) >= 11 is 0. The fourth-order valence-corrected chi connectivity index (χ4v) is 1.10. The van der Waals surface area contributed by atoms with Crippen molar-refractivity contribution in [2.45, 2.75) is 12.8 Å². The quantitative estimate of drug-likeness (QED) is 0.473. The molecule has 0 saturated carbocycles. The summed E-state index contributed by atoms with van der Waals surface area (Å²) in [6.45, 7) is 0.189. The van der Waals surface area contributed by atoms with E-state index < -0.39 is 17.9 Å². The van der Waals surface area contributed by atoms with Crippen molar-refractivity contribution in [1.29, 1.82) is 0 Å². The molecule has 1 heterocycles. The van der Waals surface area contributed by atoms with Crippen molar-refractivity contribution in [3.05, 3.63) is 0 Å². The maximum absolute atomic E-state index is 10.9. The molecule has 4 amide bonds. The minimum absolute atomic E-state index is 0.154. The van der Waals surface area contributed by atoms with Crippen molar-refractivity contribution in [2.24, 2.45) is 11.7 Å². The van der Waals surface area contributed by atoms with E-state index in [0.29, 0.717) is 6.42 Å². The van der Waals surface area contributed by atoms with Crippen molar-refractivity contribution in [2.75, 3.05) is 6.54 Å². The molecule has 0 spiro atoms. The average Bonchev–Trinajstić information content (AvgIpc) is 2.00. The molecule has 72 valence electrons. The molecule has 6 heteroatoms. The van der Waals surface area contributed by atoms with Gasteiger partial charge in [0.25, 0.3) is 0 Å². The van der Waals surface area contributed by atoms with Gasteiger partial charge in [-0.3, -0.25) is 14.9 Å². The number of carbonyl (C=O) groups excluding carboxylic acids is 3. The summed E-state index contributed by atoms with van der Waals surface area (Å²) in [4.78, 5) is 32.5. The number of carbonyl (C=O) groups is 3. The van der Waals surface area contributed by atoms with Gasteiger partial charge in [-0.15, -0.1) is 0 Å². The number of rotatable bonds is 1. The molecular weight excluding hydrogens is 174 g/mol. The van der Waals surface area contributed by atoms with Crippen LogP contribution in [0.2, 0.25) is 0 Å². The van der Waals surface area contributed by atoms with Crippen LogP contribution in [0.5, 0.6) is 0 Å². The summed E-state index contributed by atoms with van der Waals surface area (Å²) in [6.07, 6.45) is 0.530. The predicted molar refractivity (Wildman–Crippen MR) is 43.5 cm³/mol. The Kier molecular flexibility index (Phi) is 2.84. The lowest BCUT2D eigenvalue weighted by Crippen LogP contribution is -2.46. The molecule has 1 fully saturated rings. The number of amides is 4. The number of primary amides is 1. The van der Waals surface area contributed by atoms with Gasteiger partial charge in [-0.2, -0.15) is 0 Å². The van der Waals surface area contributed by atoms with E-state index >= 15 is 0 Å². The zero-order valence-electron chi connectivity index (χ0n) is 7.00. The van der Waals surface area contributed by atoms with Crippen molar-refractivity contribution in [3.8, 4) is 0 Å². The second-order valence-electron chi connectivity index (χ2n) is 2.90. The van der Waals surface area contributed by atoms with Gasteiger partial charge in [0.1, 0.15) is 0 Å². The van der Waals surface area contributed by atoms with Crippen LogP contribution in [-0.2, 0) is 9.59 Å². The molecule has 13 heavy (non-hydrogen) atoms. The molecule has 0 bridgehead atoms. The zero-order valence-corrected chi connectivity index (χ0v) is 7.00. The van der Waals surface area contributed by atoms with Gasteiger partial charge in [-0.25, -0.2) is 4.79 Å². The molecule has 0 aliphatic carbocycles. The highest BCUT2D eigenvalue weighted by Gasteiger charge is 2.21. The monoisotopic (exact) mass is 185 g/mol. The first-order chi connectivity index (χ1) is 6.09. The first-order valence-electron chi connectivity index (χ1n) is 3.96. The molecule has 1 unspecified atom stereocenters. The molecular formula is C7H11N3O3. The second-order valence-corrected chi connectivity index (χ2v) is 2.90. The maximum Gasteiger partial charge on any atom is 0.321 e. The summed E-state index contributed by atoms with van der Waals surface area (Å²) in [5.74, 6) is -1.33. The summed E-state index contributed by atoms with van der Waals surface area (Å²) in [5, 5.41) is 4.47. The number of hydrogen-bond acceptors (Lipinski definition) is 3. The van der Waals surface area contributed by atoms with Gasteiger partial charge in [0.05, 0.1) is 5.92 Å². The lowest BCUT2D eigenvalue weighted by Gasteiger charge is -2.17. The first kappa shape index (κ1) is 9.50. The van der Waals surface area contributed by atoms with Crippen molar-refractivity contribution in [3.63, 3.8) is 0 Å². The Balaban J connectivity index is 2.58. The fourth-order valence-electron chi connectivity index (χ4n) is 1.10. The van der Waals surface area contributed by atoms with E-state index in [4.69, 9.17) is 5.73 Å². The van der Waals surface area contributed by atoms with Crippen LogP contribution in [0.1, 0.15) is 12.8 Å². The summed E-state index contributed by atoms with van der Waals surface area (Å²) in [6, 6.07) is -0.573. The number of urea groups is 1. The second kappa shape index (κ2) is 3.88. The van der Waals surface area contributed by atoms with E-state index in [1.807, 2.05) is 0 Å².